The number of para-hydroxylation sites is 1. The molecule has 1 atom stereocenters. The van der Waals surface area contributed by atoms with E-state index in [4.69, 9.17) is 4.74 Å². The molecule has 0 aliphatic carbocycles. The van der Waals surface area contributed by atoms with Gasteiger partial charge in [0, 0.05) is 18.7 Å². The van der Waals surface area contributed by atoms with E-state index in [1.807, 2.05) is 6.07 Å². The molecule has 2 N–H and O–H groups in total. The Bertz CT molecular complexity index is 960. The summed E-state index contributed by atoms with van der Waals surface area (Å²) in [5.74, 6) is -0.601. The second kappa shape index (κ2) is 10.7. The molecule has 0 aliphatic heterocycles. The molecule has 162 valence electrons. The Morgan fingerprint density at radius 2 is 1.63 bits per heavy atom. The highest BCUT2D eigenvalue weighted by Crippen LogP contribution is 2.17. The van der Waals surface area contributed by atoms with Crippen LogP contribution in [0.3, 0.4) is 0 Å². The highest BCUT2D eigenvalue weighted by atomic mass is 32.2. The van der Waals surface area contributed by atoms with E-state index in [9.17, 15) is 18.0 Å². The van der Waals surface area contributed by atoms with Gasteiger partial charge in [-0.25, -0.2) is 8.42 Å². The topological polar surface area (TPSA) is 105 Å². The SMILES string of the molecule is CCC(Oc1ccccc1)C(=O)NNC(=O)c1cccc(S(=O)(=O)N(CC)CC)c1. The number of hydrogen-bond acceptors (Lipinski definition) is 5. The Kier molecular flexibility index (Phi) is 8.37. The number of carbonyl (C=O) groups is 2. The average molecular weight is 434 g/mol. The third-order valence-electron chi connectivity index (χ3n) is 4.42. The number of benzene rings is 2. The van der Waals surface area contributed by atoms with Crippen LogP contribution in [-0.4, -0.2) is 43.7 Å². The van der Waals surface area contributed by atoms with E-state index in [-0.39, 0.29) is 10.5 Å². The number of hydrazine groups is 1. The van der Waals surface area contributed by atoms with Gasteiger partial charge in [-0.15, -0.1) is 0 Å². The van der Waals surface area contributed by atoms with Gasteiger partial charge in [0.15, 0.2) is 6.10 Å². The zero-order valence-electron chi connectivity index (χ0n) is 17.3. The summed E-state index contributed by atoms with van der Waals surface area (Å²) in [4.78, 5) is 24.8. The largest absolute Gasteiger partial charge is 0.481 e. The van der Waals surface area contributed by atoms with Crippen molar-refractivity contribution in [3.8, 4) is 5.75 Å². The van der Waals surface area contributed by atoms with E-state index in [2.05, 4.69) is 10.9 Å². The number of rotatable bonds is 9. The standard InChI is InChI=1S/C21H27N3O5S/c1-4-19(29-17-12-8-7-9-13-17)21(26)23-22-20(25)16-11-10-14-18(15-16)30(27,28)24(5-2)6-3/h7-15,19H,4-6H2,1-3H3,(H,22,25)(H,23,26). The van der Waals surface area contributed by atoms with Gasteiger partial charge in [0.2, 0.25) is 10.0 Å². The first-order chi connectivity index (χ1) is 14.3. The summed E-state index contributed by atoms with van der Waals surface area (Å²) < 4.78 is 32.2. The molecule has 0 aromatic heterocycles. The molecule has 0 fully saturated rings. The van der Waals surface area contributed by atoms with Crippen LogP contribution in [0, 0.1) is 0 Å². The molecular weight excluding hydrogens is 406 g/mol. The first kappa shape index (κ1) is 23.4. The monoisotopic (exact) mass is 433 g/mol. The Labute approximate surface area is 177 Å². The molecule has 0 heterocycles. The maximum atomic E-state index is 12.6. The molecule has 0 bridgehead atoms. The number of carbonyl (C=O) groups excluding carboxylic acids is 2. The van der Waals surface area contributed by atoms with Crippen molar-refractivity contribution in [3.63, 3.8) is 0 Å². The fourth-order valence-corrected chi connectivity index (χ4v) is 4.27. The van der Waals surface area contributed by atoms with Crippen LogP contribution in [-0.2, 0) is 14.8 Å². The second-order valence-electron chi connectivity index (χ2n) is 6.39. The highest BCUT2D eigenvalue weighted by Gasteiger charge is 2.23. The Morgan fingerprint density at radius 1 is 0.967 bits per heavy atom. The minimum Gasteiger partial charge on any atom is -0.481 e. The van der Waals surface area contributed by atoms with E-state index < -0.39 is 27.9 Å². The van der Waals surface area contributed by atoms with Crippen molar-refractivity contribution in [1.29, 1.82) is 0 Å². The van der Waals surface area contributed by atoms with Crippen molar-refractivity contribution < 1.29 is 22.7 Å². The first-order valence-corrected chi connectivity index (χ1v) is 11.2. The fraction of sp³-hybridized carbons (Fsp3) is 0.333. The van der Waals surface area contributed by atoms with Gasteiger partial charge >= 0.3 is 0 Å². The summed E-state index contributed by atoms with van der Waals surface area (Å²) in [6.45, 7) is 5.93. The van der Waals surface area contributed by atoms with E-state index in [0.717, 1.165) is 0 Å². The number of hydrogen-bond donors (Lipinski definition) is 2. The zero-order valence-corrected chi connectivity index (χ0v) is 18.1. The molecule has 2 amide bonds. The molecule has 9 heteroatoms. The van der Waals surface area contributed by atoms with Crippen LogP contribution in [0.15, 0.2) is 59.5 Å². The minimum atomic E-state index is -3.69. The summed E-state index contributed by atoms with van der Waals surface area (Å²) in [5, 5.41) is 0. The molecule has 2 rings (SSSR count). The first-order valence-electron chi connectivity index (χ1n) is 9.75. The molecule has 0 aliphatic rings. The van der Waals surface area contributed by atoms with Gasteiger partial charge in [0.05, 0.1) is 4.90 Å². The third-order valence-corrected chi connectivity index (χ3v) is 6.47. The van der Waals surface area contributed by atoms with Gasteiger partial charge in [-0.1, -0.05) is 45.0 Å². The number of nitrogens with one attached hydrogen (secondary N) is 2. The quantitative estimate of drug-likeness (QED) is 0.591. The second-order valence-corrected chi connectivity index (χ2v) is 8.33. The van der Waals surface area contributed by atoms with Gasteiger partial charge in [0.25, 0.3) is 11.8 Å². The van der Waals surface area contributed by atoms with Crippen molar-refractivity contribution in [2.24, 2.45) is 0 Å². The van der Waals surface area contributed by atoms with Crippen molar-refractivity contribution in [2.45, 2.75) is 38.2 Å². The number of amides is 2. The van der Waals surface area contributed by atoms with E-state index in [1.165, 1.54) is 28.6 Å². The smallest absolute Gasteiger partial charge is 0.279 e. The molecule has 0 spiro atoms. The summed E-state index contributed by atoms with van der Waals surface area (Å²) in [5.41, 5.74) is 4.75. The molecule has 0 radical (unpaired) electrons. The van der Waals surface area contributed by atoms with Crippen molar-refractivity contribution >= 4 is 21.8 Å². The van der Waals surface area contributed by atoms with E-state index in [1.54, 1.807) is 45.0 Å². The fourth-order valence-electron chi connectivity index (χ4n) is 2.77. The zero-order chi connectivity index (χ0) is 22.1. The maximum absolute atomic E-state index is 12.6. The van der Waals surface area contributed by atoms with Gasteiger partial charge in [-0.05, 0) is 36.8 Å². The van der Waals surface area contributed by atoms with E-state index >= 15 is 0 Å². The Balaban J connectivity index is 2.05. The lowest BCUT2D eigenvalue weighted by Crippen LogP contribution is -2.48. The number of nitrogens with zero attached hydrogens (tertiary/aromatic N) is 1. The van der Waals surface area contributed by atoms with Crippen LogP contribution in [0.4, 0.5) is 0 Å². The van der Waals surface area contributed by atoms with Gasteiger partial charge < -0.3 is 4.74 Å². The molecule has 0 saturated carbocycles. The van der Waals surface area contributed by atoms with Gasteiger partial charge in [0.1, 0.15) is 5.75 Å². The van der Waals surface area contributed by atoms with Gasteiger partial charge in [-0.3, -0.25) is 20.4 Å². The number of ether oxygens (including phenoxy) is 1. The summed E-state index contributed by atoms with van der Waals surface area (Å²) in [6, 6.07) is 14.6. The molecule has 1 unspecified atom stereocenters. The Hall–Kier alpha value is -2.91. The van der Waals surface area contributed by atoms with Crippen molar-refractivity contribution in [2.75, 3.05) is 13.1 Å². The third kappa shape index (κ3) is 5.80. The van der Waals surface area contributed by atoms with Crippen molar-refractivity contribution in [3.05, 3.63) is 60.2 Å². The lowest BCUT2D eigenvalue weighted by atomic mass is 10.2. The summed E-state index contributed by atoms with van der Waals surface area (Å²) in [7, 11) is -3.69. The van der Waals surface area contributed by atoms with Crippen LogP contribution in [0.1, 0.15) is 37.6 Å². The normalized spacial score (nSPS) is 12.3. The van der Waals surface area contributed by atoms with Crippen LogP contribution >= 0.6 is 0 Å². The van der Waals surface area contributed by atoms with Crippen LogP contribution in [0.25, 0.3) is 0 Å². The van der Waals surface area contributed by atoms with Crippen LogP contribution in [0.5, 0.6) is 5.75 Å². The lowest BCUT2D eigenvalue weighted by molar-refractivity contribution is -0.128. The molecular formula is C21H27N3O5S. The molecule has 0 saturated heterocycles. The van der Waals surface area contributed by atoms with Crippen LogP contribution < -0.4 is 15.6 Å². The molecule has 8 nitrogen and oxygen atoms in total. The predicted molar refractivity (Wildman–Crippen MR) is 113 cm³/mol. The molecule has 2 aromatic rings. The predicted octanol–water partition coefficient (Wildman–Crippen LogP) is 2.34. The van der Waals surface area contributed by atoms with E-state index in [0.29, 0.717) is 25.3 Å². The average Bonchev–Trinajstić information content (AvgIpc) is 2.77. The molecule has 2 aromatic carbocycles. The summed E-state index contributed by atoms with van der Waals surface area (Å²) >= 11 is 0. The summed E-state index contributed by atoms with van der Waals surface area (Å²) in [6.07, 6.45) is -0.393. The lowest BCUT2D eigenvalue weighted by Gasteiger charge is -2.19. The minimum absolute atomic E-state index is 0.0176. The number of sulfonamides is 1. The molecule has 30 heavy (non-hydrogen) atoms. The van der Waals surface area contributed by atoms with Crippen molar-refractivity contribution in [1.82, 2.24) is 15.2 Å². The maximum Gasteiger partial charge on any atom is 0.279 e. The van der Waals surface area contributed by atoms with Gasteiger partial charge in [-0.2, -0.15) is 4.31 Å². The highest BCUT2D eigenvalue weighted by molar-refractivity contribution is 7.89. The van der Waals surface area contributed by atoms with Crippen LogP contribution in [0.2, 0.25) is 0 Å². The Morgan fingerprint density at radius 3 is 2.23 bits per heavy atom.